The fraction of sp³-hybridized carbons (Fsp3) is 0.400. The Morgan fingerprint density at radius 2 is 1.44 bits per heavy atom. The summed E-state index contributed by atoms with van der Waals surface area (Å²) in [6, 6.07) is 11.3. The molecular weight excluding hydrogens is 378 g/mol. The maximum atomic E-state index is 14.7. The summed E-state index contributed by atoms with van der Waals surface area (Å²) in [6.45, 7) is 0.607. The molecule has 0 saturated heterocycles. The molecular formula is C20H23ClF2O4. The Morgan fingerprint density at radius 3 is 1.93 bits per heavy atom. The quantitative estimate of drug-likeness (QED) is 0.453. The van der Waals surface area contributed by atoms with Gasteiger partial charge in [0.25, 0.3) is 5.92 Å². The minimum absolute atomic E-state index is 0.0226. The van der Waals surface area contributed by atoms with Crippen molar-refractivity contribution in [2.45, 2.75) is 18.4 Å². The first-order valence-corrected chi connectivity index (χ1v) is 9.08. The lowest BCUT2D eigenvalue weighted by Gasteiger charge is -2.18. The SMILES string of the molecule is COCC(O)COc1ccc(C(F)(F)c2ccc(OCCCCl)cc2)cc1. The van der Waals surface area contributed by atoms with E-state index in [0.29, 0.717) is 30.4 Å². The molecule has 1 N–H and O–H groups in total. The van der Waals surface area contributed by atoms with E-state index in [1.807, 2.05) is 0 Å². The molecule has 0 spiro atoms. The maximum Gasteiger partial charge on any atom is 0.298 e. The summed E-state index contributed by atoms with van der Waals surface area (Å²) < 4.78 is 45.0. The average Bonchev–Trinajstić information content (AvgIpc) is 2.67. The van der Waals surface area contributed by atoms with Crippen LogP contribution in [0.5, 0.6) is 11.5 Å². The van der Waals surface area contributed by atoms with Gasteiger partial charge in [-0.2, -0.15) is 8.78 Å². The molecule has 7 heteroatoms. The second-order valence-corrected chi connectivity index (χ2v) is 6.31. The van der Waals surface area contributed by atoms with Gasteiger partial charge in [0.1, 0.15) is 24.2 Å². The van der Waals surface area contributed by atoms with Crippen LogP contribution in [0.15, 0.2) is 48.5 Å². The van der Waals surface area contributed by atoms with Gasteiger partial charge in [0.2, 0.25) is 0 Å². The van der Waals surface area contributed by atoms with E-state index < -0.39 is 12.0 Å². The number of hydrogen-bond acceptors (Lipinski definition) is 4. The van der Waals surface area contributed by atoms with Crippen LogP contribution in [0.25, 0.3) is 0 Å². The van der Waals surface area contributed by atoms with E-state index in [-0.39, 0.29) is 24.3 Å². The zero-order chi connectivity index (χ0) is 19.7. The fourth-order valence-electron chi connectivity index (χ4n) is 2.37. The molecule has 0 bridgehead atoms. The normalized spacial score (nSPS) is 12.6. The molecule has 0 heterocycles. The lowest BCUT2D eigenvalue weighted by molar-refractivity contribution is 0.0322. The van der Waals surface area contributed by atoms with Crippen LogP contribution < -0.4 is 9.47 Å². The molecule has 0 saturated carbocycles. The van der Waals surface area contributed by atoms with Gasteiger partial charge < -0.3 is 19.3 Å². The maximum absolute atomic E-state index is 14.7. The summed E-state index contributed by atoms with van der Waals surface area (Å²) >= 11 is 5.57. The molecule has 148 valence electrons. The Kier molecular flexibility index (Phi) is 8.28. The lowest BCUT2D eigenvalue weighted by atomic mass is 10.0. The molecule has 0 aliphatic rings. The number of aliphatic hydroxyl groups is 1. The molecule has 27 heavy (non-hydrogen) atoms. The molecule has 0 aromatic heterocycles. The Labute approximate surface area is 162 Å². The number of aliphatic hydroxyl groups excluding tert-OH is 1. The third-order valence-electron chi connectivity index (χ3n) is 3.78. The van der Waals surface area contributed by atoms with Gasteiger partial charge >= 0.3 is 0 Å². The highest BCUT2D eigenvalue weighted by Gasteiger charge is 2.33. The van der Waals surface area contributed by atoms with E-state index in [0.717, 1.165) is 0 Å². The molecule has 2 aromatic carbocycles. The van der Waals surface area contributed by atoms with Crippen molar-refractivity contribution in [3.8, 4) is 11.5 Å². The van der Waals surface area contributed by atoms with E-state index in [2.05, 4.69) is 0 Å². The third-order valence-corrected chi connectivity index (χ3v) is 4.05. The first-order valence-electron chi connectivity index (χ1n) is 8.55. The highest BCUT2D eigenvalue weighted by atomic mass is 35.5. The van der Waals surface area contributed by atoms with Crippen LogP contribution >= 0.6 is 11.6 Å². The Bertz CT molecular complexity index is 677. The van der Waals surface area contributed by atoms with Crippen LogP contribution in [0.2, 0.25) is 0 Å². The van der Waals surface area contributed by atoms with Crippen molar-refractivity contribution < 1.29 is 28.1 Å². The molecule has 0 aliphatic carbocycles. The monoisotopic (exact) mass is 400 g/mol. The molecule has 2 rings (SSSR count). The van der Waals surface area contributed by atoms with Crippen LogP contribution in [-0.4, -0.2) is 44.0 Å². The lowest BCUT2D eigenvalue weighted by Crippen LogP contribution is -2.22. The molecule has 1 unspecified atom stereocenters. The van der Waals surface area contributed by atoms with Crippen molar-refractivity contribution in [1.29, 1.82) is 0 Å². The molecule has 2 aromatic rings. The summed E-state index contributed by atoms with van der Waals surface area (Å²) in [7, 11) is 1.47. The first-order chi connectivity index (χ1) is 13.0. The minimum atomic E-state index is -3.15. The van der Waals surface area contributed by atoms with Gasteiger partial charge in [-0.1, -0.05) is 0 Å². The number of rotatable bonds is 11. The third kappa shape index (κ3) is 6.34. The van der Waals surface area contributed by atoms with Crippen LogP contribution in [0.3, 0.4) is 0 Å². The number of hydrogen-bond donors (Lipinski definition) is 1. The second kappa shape index (κ2) is 10.4. The molecule has 0 aliphatic heterocycles. The van der Waals surface area contributed by atoms with E-state index in [4.69, 9.17) is 25.8 Å². The van der Waals surface area contributed by atoms with Crippen LogP contribution in [0.1, 0.15) is 17.5 Å². The van der Waals surface area contributed by atoms with Crippen molar-refractivity contribution in [3.63, 3.8) is 0 Å². The molecule has 0 radical (unpaired) electrons. The van der Waals surface area contributed by atoms with Gasteiger partial charge in [0.05, 0.1) is 13.2 Å². The Balaban J connectivity index is 2.00. The van der Waals surface area contributed by atoms with Gasteiger partial charge in [-0.25, -0.2) is 0 Å². The van der Waals surface area contributed by atoms with Gasteiger partial charge in [-0.15, -0.1) is 11.6 Å². The summed E-state index contributed by atoms with van der Waals surface area (Å²) in [5.74, 6) is -1.74. The van der Waals surface area contributed by atoms with Gasteiger partial charge in [-0.05, 0) is 55.0 Å². The van der Waals surface area contributed by atoms with E-state index >= 15 is 0 Å². The fourth-order valence-corrected chi connectivity index (χ4v) is 2.47. The van der Waals surface area contributed by atoms with Gasteiger partial charge in [0.15, 0.2) is 0 Å². The highest BCUT2D eigenvalue weighted by molar-refractivity contribution is 6.17. The zero-order valence-electron chi connectivity index (χ0n) is 15.0. The molecule has 1 atom stereocenters. The van der Waals surface area contributed by atoms with Crippen molar-refractivity contribution in [3.05, 3.63) is 59.7 Å². The number of methoxy groups -OCH3 is 1. The number of alkyl halides is 3. The number of benzene rings is 2. The average molecular weight is 401 g/mol. The topological polar surface area (TPSA) is 47.9 Å². The predicted molar refractivity (Wildman–Crippen MR) is 100 cm³/mol. The second-order valence-electron chi connectivity index (χ2n) is 5.93. The smallest absolute Gasteiger partial charge is 0.298 e. The molecule has 4 nitrogen and oxygen atoms in total. The van der Waals surface area contributed by atoms with Crippen LogP contribution in [0.4, 0.5) is 8.78 Å². The van der Waals surface area contributed by atoms with E-state index in [9.17, 15) is 13.9 Å². The summed E-state index contributed by atoms with van der Waals surface area (Å²) in [5.41, 5.74) is -0.278. The predicted octanol–water partition coefficient (Wildman–Crippen LogP) is 4.22. The first kappa shape index (κ1) is 21.4. The summed E-state index contributed by atoms with van der Waals surface area (Å²) in [4.78, 5) is 0. The van der Waals surface area contributed by atoms with E-state index in [1.165, 1.54) is 55.6 Å². The largest absolute Gasteiger partial charge is 0.494 e. The standard InChI is InChI=1S/C20H23ClF2O4/c1-25-13-17(24)14-27-19-9-5-16(6-10-19)20(22,23)15-3-7-18(8-4-15)26-12-2-11-21/h3-10,17,24H,2,11-14H2,1H3. The highest BCUT2D eigenvalue weighted by Crippen LogP contribution is 2.37. The van der Waals surface area contributed by atoms with Crippen molar-refractivity contribution in [2.75, 3.05) is 32.8 Å². The number of halogens is 3. The summed E-state index contributed by atoms with van der Waals surface area (Å²) in [6.07, 6.45) is -0.0857. The van der Waals surface area contributed by atoms with Crippen molar-refractivity contribution in [2.24, 2.45) is 0 Å². The number of ether oxygens (including phenoxy) is 3. The van der Waals surface area contributed by atoms with Gasteiger partial charge in [-0.3, -0.25) is 0 Å². The molecule has 0 fully saturated rings. The minimum Gasteiger partial charge on any atom is -0.494 e. The van der Waals surface area contributed by atoms with Gasteiger partial charge in [0, 0.05) is 24.1 Å². The Hall–Kier alpha value is -1.89. The Morgan fingerprint density at radius 1 is 0.926 bits per heavy atom. The van der Waals surface area contributed by atoms with E-state index in [1.54, 1.807) is 0 Å². The zero-order valence-corrected chi connectivity index (χ0v) is 15.8. The van der Waals surface area contributed by atoms with Crippen molar-refractivity contribution in [1.82, 2.24) is 0 Å². The molecule has 0 amide bonds. The van der Waals surface area contributed by atoms with Crippen LogP contribution in [-0.2, 0) is 10.7 Å². The van der Waals surface area contributed by atoms with Crippen molar-refractivity contribution >= 4 is 11.6 Å². The summed E-state index contributed by atoms with van der Waals surface area (Å²) in [5, 5.41) is 9.55. The van der Waals surface area contributed by atoms with Crippen LogP contribution in [0, 0.1) is 0 Å².